The van der Waals surface area contributed by atoms with Crippen molar-refractivity contribution < 1.29 is 4.74 Å². The van der Waals surface area contributed by atoms with Gasteiger partial charge in [0.1, 0.15) is 6.61 Å². The summed E-state index contributed by atoms with van der Waals surface area (Å²) in [6.45, 7) is 2.79. The minimum Gasteiger partial charge on any atom is -0.475 e. The Hall–Kier alpha value is -0.830. The van der Waals surface area contributed by atoms with E-state index in [9.17, 15) is 0 Å². The van der Waals surface area contributed by atoms with Crippen molar-refractivity contribution in [3.8, 4) is 0 Å². The first-order valence-electron chi connectivity index (χ1n) is 3.61. The normalized spacial score (nSPS) is 23.0. The van der Waals surface area contributed by atoms with Gasteiger partial charge in [-0.1, -0.05) is 6.07 Å². The number of nitrogens with zero attached hydrogens (tertiary/aromatic N) is 1. The largest absolute Gasteiger partial charge is 0.475 e. The SMILES string of the molecule is CC1COC(c2cccs2)=N1. The maximum atomic E-state index is 5.37. The molecule has 11 heavy (non-hydrogen) atoms. The number of hydrogen-bond donors (Lipinski definition) is 0. The third-order valence-corrected chi connectivity index (χ3v) is 2.39. The Bertz CT molecular complexity index is 266. The smallest absolute Gasteiger partial charge is 0.226 e. The average molecular weight is 167 g/mol. The van der Waals surface area contributed by atoms with Crippen molar-refractivity contribution in [1.29, 1.82) is 0 Å². The lowest BCUT2D eigenvalue weighted by atomic mass is 10.4. The van der Waals surface area contributed by atoms with Gasteiger partial charge in [-0.15, -0.1) is 11.3 Å². The summed E-state index contributed by atoms with van der Waals surface area (Å²) >= 11 is 1.67. The highest BCUT2D eigenvalue weighted by Gasteiger charge is 2.15. The van der Waals surface area contributed by atoms with E-state index < -0.39 is 0 Å². The second-order valence-corrected chi connectivity index (χ2v) is 3.52. The number of ether oxygens (including phenoxy) is 1. The van der Waals surface area contributed by atoms with E-state index in [0.717, 1.165) is 17.4 Å². The first kappa shape index (κ1) is 6.85. The van der Waals surface area contributed by atoms with Crippen LogP contribution in [0.1, 0.15) is 11.8 Å². The van der Waals surface area contributed by atoms with Crippen LogP contribution in [-0.4, -0.2) is 18.5 Å². The van der Waals surface area contributed by atoms with Gasteiger partial charge in [0.05, 0.1) is 10.9 Å². The van der Waals surface area contributed by atoms with Gasteiger partial charge in [0.25, 0.3) is 0 Å². The molecule has 58 valence electrons. The van der Waals surface area contributed by atoms with Crippen molar-refractivity contribution >= 4 is 17.2 Å². The zero-order valence-corrected chi connectivity index (χ0v) is 7.10. The standard InChI is InChI=1S/C8H9NOS/c1-6-5-10-8(9-6)7-3-2-4-11-7/h2-4,6H,5H2,1H3. The topological polar surface area (TPSA) is 21.6 Å². The molecule has 1 aliphatic rings. The van der Waals surface area contributed by atoms with Gasteiger partial charge in [0, 0.05) is 0 Å². The van der Waals surface area contributed by atoms with Gasteiger partial charge >= 0.3 is 0 Å². The highest BCUT2D eigenvalue weighted by atomic mass is 32.1. The quantitative estimate of drug-likeness (QED) is 0.626. The second kappa shape index (κ2) is 2.66. The van der Waals surface area contributed by atoms with Gasteiger partial charge in [-0.3, -0.25) is 0 Å². The number of hydrogen-bond acceptors (Lipinski definition) is 3. The molecule has 0 fully saturated rings. The zero-order valence-electron chi connectivity index (χ0n) is 6.28. The van der Waals surface area contributed by atoms with Crippen molar-refractivity contribution in [2.75, 3.05) is 6.61 Å². The molecule has 0 bridgehead atoms. The van der Waals surface area contributed by atoms with Crippen LogP contribution in [-0.2, 0) is 4.74 Å². The average Bonchev–Trinajstić information content (AvgIpc) is 2.55. The van der Waals surface area contributed by atoms with Gasteiger partial charge in [-0.2, -0.15) is 0 Å². The zero-order chi connectivity index (χ0) is 7.68. The summed E-state index contributed by atoms with van der Waals surface area (Å²) in [7, 11) is 0. The van der Waals surface area contributed by atoms with Crippen molar-refractivity contribution in [2.45, 2.75) is 13.0 Å². The molecule has 0 saturated heterocycles. The van der Waals surface area contributed by atoms with Gasteiger partial charge in [0.2, 0.25) is 5.90 Å². The Labute approximate surface area is 69.5 Å². The molecule has 0 amide bonds. The molecule has 2 heterocycles. The molecule has 0 N–H and O–H groups in total. The fourth-order valence-electron chi connectivity index (χ4n) is 1.01. The minimum absolute atomic E-state index is 0.326. The van der Waals surface area contributed by atoms with Gasteiger partial charge in [-0.05, 0) is 18.4 Å². The number of aliphatic imine (C=N–C) groups is 1. The molecule has 1 aromatic rings. The lowest BCUT2D eigenvalue weighted by Crippen LogP contribution is -1.99. The molecule has 1 unspecified atom stereocenters. The third-order valence-electron chi connectivity index (χ3n) is 1.53. The van der Waals surface area contributed by atoms with E-state index in [0.29, 0.717) is 6.04 Å². The summed E-state index contributed by atoms with van der Waals surface area (Å²) in [5, 5.41) is 2.03. The molecule has 0 saturated carbocycles. The molecule has 1 aromatic heterocycles. The lowest BCUT2D eigenvalue weighted by Gasteiger charge is -1.94. The summed E-state index contributed by atoms with van der Waals surface area (Å²) in [6, 6.07) is 4.36. The maximum absolute atomic E-state index is 5.37. The van der Waals surface area contributed by atoms with E-state index in [1.165, 1.54) is 0 Å². The number of rotatable bonds is 1. The predicted molar refractivity (Wildman–Crippen MR) is 46.3 cm³/mol. The van der Waals surface area contributed by atoms with E-state index in [2.05, 4.69) is 11.9 Å². The molecule has 1 aliphatic heterocycles. The van der Waals surface area contributed by atoms with E-state index in [4.69, 9.17) is 4.74 Å². The summed E-state index contributed by atoms with van der Waals surface area (Å²) in [5.74, 6) is 0.813. The molecule has 0 radical (unpaired) electrons. The second-order valence-electron chi connectivity index (χ2n) is 2.57. The van der Waals surface area contributed by atoms with Crippen LogP contribution in [0.3, 0.4) is 0 Å². The van der Waals surface area contributed by atoms with Crippen molar-refractivity contribution in [3.63, 3.8) is 0 Å². The van der Waals surface area contributed by atoms with Crippen LogP contribution >= 0.6 is 11.3 Å². The van der Waals surface area contributed by atoms with Crippen LogP contribution in [0.5, 0.6) is 0 Å². The molecule has 2 nitrogen and oxygen atoms in total. The summed E-state index contributed by atoms with van der Waals surface area (Å²) in [4.78, 5) is 5.47. The Morgan fingerprint density at radius 1 is 1.73 bits per heavy atom. The molecular weight excluding hydrogens is 158 g/mol. The van der Waals surface area contributed by atoms with Crippen LogP contribution in [0.4, 0.5) is 0 Å². The number of thiophene rings is 1. The van der Waals surface area contributed by atoms with Crippen molar-refractivity contribution in [3.05, 3.63) is 22.4 Å². The van der Waals surface area contributed by atoms with E-state index in [-0.39, 0.29) is 0 Å². The first-order chi connectivity index (χ1) is 5.36. The van der Waals surface area contributed by atoms with E-state index in [1.807, 2.05) is 17.5 Å². The molecule has 2 rings (SSSR count). The van der Waals surface area contributed by atoms with Crippen LogP contribution in [0, 0.1) is 0 Å². The minimum atomic E-state index is 0.326. The summed E-state index contributed by atoms with van der Waals surface area (Å²) in [6.07, 6.45) is 0. The van der Waals surface area contributed by atoms with Crippen LogP contribution < -0.4 is 0 Å². The maximum Gasteiger partial charge on any atom is 0.226 e. The highest BCUT2D eigenvalue weighted by Crippen LogP contribution is 2.15. The van der Waals surface area contributed by atoms with Gasteiger partial charge in [-0.25, -0.2) is 4.99 Å². The van der Waals surface area contributed by atoms with Crippen LogP contribution in [0.25, 0.3) is 0 Å². The molecule has 0 spiro atoms. The molecule has 3 heteroatoms. The monoisotopic (exact) mass is 167 g/mol. The highest BCUT2D eigenvalue weighted by molar-refractivity contribution is 7.12. The Balaban J connectivity index is 2.25. The molecule has 1 atom stereocenters. The van der Waals surface area contributed by atoms with Gasteiger partial charge in [0.15, 0.2) is 0 Å². The van der Waals surface area contributed by atoms with Crippen LogP contribution in [0.15, 0.2) is 22.5 Å². The molecule has 0 aliphatic carbocycles. The fraction of sp³-hybridized carbons (Fsp3) is 0.375. The Kier molecular flexibility index (Phi) is 1.66. The first-order valence-corrected chi connectivity index (χ1v) is 4.49. The fourth-order valence-corrected chi connectivity index (χ4v) is 1.68. The molecule has 0 aromatic carbocycles. The van der Waals surface area contributed by atoms with Crippen molar-refractivity contribution in [2.24, 2.45) is 4.99 Å². The summed E-state index contributed by atoms with van der Waals surface area (Å²) in [5.41, 5.74) is 0. The summed E-state index contributed by atoms with van der Waals surface area (Å²) < 4.78 is 5.37. The van der Waals surface area contributed by atoms with Crippen LogP contribution in [0.2, 0.25) is 0 Å². The third kappa shape index (κ3) is 1.28. The Morgan fingerprint density at radius 3 is 3.18 bits per heavy atom. The van der Waals surface area contributed by atoms with E-state index in [1.54, 1.807) is 11.3 Å². The van der Waals surface area contributed by atoms with E-state index >= 15 is 0 Å². The van der Waals surface area contributed by atoms with Crippen molar-refractivity contribution in [1.82, 2.24) is 0 Å². The molecular formula is C8H9NOS. The van der Waals surface area contributed by atoms with Gasteiger partial charge < -0.3 is 4.74 Å². The predicted octanol–water partition coefficient (Wildman–Crippen LogP) is 1.91. The lowest BCUT2D eigenvalue weighted by molar-refractivity contribution is 0.324. The Morgan fingerprint density at radius 2 is 2.64 bits per heavy atom.